The van der Waals surface area contributed by atoms with E-state index in [1.54, 1.807) is 24.3 Å². The molecule has 58 heavy (non-hydrogen) atoms. The SMILES string of the molecule is COc1cc(C2(c3ccc(N=Nc4c(S(=O)(=O)[O-])cc5ccc(O)cc5c4O)c(OC)c3)CCCCC2)ccc1N=Nc1c(S(=O)(=O)[O-])cc2ccc(O)cc2c1O. The first-order chi connectivity index (χ1) is 27.5. The van der Waals surface area contributed by atoms with Crippen LogP contribution in [0.3, 0.4) is 0 Å². The molecule has 300 valence electrons. The number of nitrogens with zero attached hydrogens (tertiary/aromatic N) is 4. The monoisotopic (exact) mass is 826 g/mol. The van der Waals surface area contributed by atoms with E-state index in [2.05, 4.69) is 20.5 Å². The van der Waals surface area contributed by atoms with Crippen molar-refractivity contribution in [2.75, 3.05) is 14.2 Å². The lowest BCUT2D eigenvalue weighted by Gasteiger charge is -2.39. The number of rotatable bonds is 10. The predicted molar refractivity (Wildman–Crippen MR) is 209 cm³/mol. The molecule has 0 spiro atoms. The second-order valence-corrected chi connectivity index (χ2v) is 16.4. The average molecular weight is 827 g/mol. The Hall–Kier alpha value is -6.34. The molecular weight excluding hydrogens is 793 g/mol. The van der Waals surface area contributed by atoms with Crippen LogP contribution in [0.5, 0.6) is 34.5 Å². The lowest BCUT2D eigenvalue weighted by atomic mass is 9.65. The van der Waals surface area contributed by atoms with Crippen LogP contribution in [0, 0.1) is 0 Å². The highest BCUT2D eigenvalue weighted by Crippen LogP contribution is 2.50. The molecule has 1 saturated carbocycles. The molecule has 4 N–H and O–H groups in total. The lowest BCUT2D eigenvalue weighted by Crippen LogP contribution is -2.30. The number of benzene rings is 6. The number of fused-ring (bicyclic) bond motifs is 2. The Kier molecular flexibility index (Phi) is 10.5. The maximum Gasteiger partial charge on any atom is 0.152 e. The van der Waals surface area contributed by atoms with Crippen molar-refractivity contribution in [1.82, 2.24) is 0 Å². The van der Waals surface area contributed by atoms with Crippen molar-refractivity contribution < 1.29 is 55.8 Å². The van der Waals surface area contributed by atoms with Crippen molar-refractivity contribution in [2.24, 2.45) is 20.5 Å². The van der Waals surface area contributed by atoms with Crippen LogP contribution < -0.4 is 9.47 Å². The van der Waals surface area contributed by atoms with Crippen LogP contribution in [0.15, 0.2) is 115 Å². The van der Waals surface area contributed by atoms with Crippen LogP contribution in [0.1, 0.15) is 43.2 Å². The molecule has 0 radical (unpaired) electrons. The van der Waals surface area contributed by atoms with Crippen LogP contribution >= 0.6 is 0 Å². The Morgan fingerprint density at radius 1 is 0.552 bits per heavy atom. The van der Waals surface area contributed by atoms with Gasteiger partial charge >= 0.3 is 0 Å². The third-order valence-electron chi connectivity index (χ3n) is 10.3. The number of methoxy groups -OCH3 is 2. The number of aromatic hydroxyl groups is 4. The largest absolute Gasteiger partial charge is 0.744 e. The molecule has 16 nitrogen and oxygen atoms in total. The summed E-state index contributed by atoms with van der Waals surface area (Å²) >= 11 is 0. The van der Waals surface area contributed by atoms with Crippen molar-refractivity contribution in [3.8, 4) is 34.5 Å². The predicted octanol–water partition coefficient (Wildman–Crippen LogP) is 8.72. The van der Waals surface area contributed by atoms with Crippen LogP contribution in [0.2, 0.25) is 0 Å². The molecule has 1 aliphatic rings. The number of hydrogen-bond acceptors (Lipinski definition) is 16. The molecule has 6 aromatic rings. The third-order valence-corrected chi connectivity index (χ3v) is 12.0. The van der Waals surface area contributed by atoms with Gasteiger partial charge in [-0.15, -0.1) is 20.5 Å². The molecule has 6 aromatic carbocycles. The van der Waals surface area contributed by atoms with Crippen LogP contribution in [0.25, 0.3) is 21.5 Å². The fourth-order valence-electron chi connectivity index (χ4n) is 7.46. The zero-order chi connectivity index (χ0) is 41.6. The molecule has 7 rings (SSSR count). The van der Waals surface area contributed by atoms with Crippen molar-refractivity contribution in [3.63, 3.8) is 0 Å². The van der Waals surface area contributed by atoms with Crippen LogP contribution in [-0.4, -0.2) is 60.6 Å². The molecule has 0 amide bonds. The summed E-state index contributed by atoms with van der Waals surface area (Å²) in [4.78, 5) is -1.60. The van der Waals surface area contributed by atoms with Gasteiger partial charge in [0.1, 0.15) is 66.0 Å². The van der Waals surface area contributed by atoms with Gasteiger partial charge in [0.15, 0.2) is 11.5 Å². The number of phenolic OH excluding ortho intramolecular Hbond substituents is 4. The van der Waals surface area contributed by atoms with E-state index >= 15 is 0 Å². The minimum atomic E-state index is -5.12. The summed E-state index contributed by atoms with van der Waals surface area (Å²) in [5, 5.41) is 58.7. The second-order valence-electron chi connectivity index (χ2n) is 13.7. The summed E-state index contributed by atoms with van der Waals surface area (Å²) in [5.74, 6) is -1.23. The summed E-state index contributed by atoms with van der Waals surface area (Å²) in [6.45, 7) is 0. The van der Waals surface area contributed by atoms with Gasteiger partial charge in [-0.1, -0.05) is 43.5 Å². The van der Waals surface area contributed by atoms with Gasteiger partial charge in [-0.2, -0.15) is 0 Å². The molecule has 0 heterocycles. The van der Waals surface area contributed by atoms with Gasteiger partial charge in [0.2, 0.25) is 0 Å². The minimum absolute atomic E-state index is 0.0546. The van der Waals surface area contributed by atoms with E-state index in [-0.39, 0.29) is 55.9 Å². The van der Waals surface area contributed by atoms with E-state index in [0.29, 0.717) is 12.8 Å². The standard InChI is InChI=1S/C40H36N4O12S2/c1-55-32-18-24(8-12-30(32)41-43-36-34(57(49,50)51)16-22-6-10-26(45)20-28(22)38(36)47)40(14-4-3-5-15-40)25-9-13-31(33(19-25)56-2)42-44-37-35(58(52,53)54)17-23-7-11-27(46)21-29(23)39(37)48/h6-13,16-21,45-48H,3-5,14-15H2,1-2H3,(H,49,50,51)(H,52,53,54)/p-2. The van der Waals surface area contributed by atoms with Gasteiger partial charge in [0.05, 0.1) is 24.0 Å². The van der Waals surface area contributed by atoms with Gasteiger partial charge < -0.3 is 39.0 Å². The summed E-state index contributed by atoms with van der Waals surface area (Å²) in [5.41, 5.74) is 0.182. The summed E-state index contributed by atoms with van der Waals surface area (Å²) in [7, 11) is -7.41. The van der Waals surface area contributed by atoms with E-state index < -0.39 is 58.3 Å². The lowest BCUT2D eigenvalue weighted by molar-refractivity contribution is 0.341. The number of phenols is 4. The molecule has 0 bridgehead atoms. The Bertz CT molecular complexity index is 2720. The van der Waals surface area contributed by atoms with Crippen molar-refractivity contribution >= 4 is 64.5 Å². The second kappa shape index (κ2) is 15.2. The zero-order valence-corrected chi connectivity index (χ0v) is 32.4. The molecular formula is C40H34N4O12S2-2. The summed E-state index contributed by atoms with van der Waals surface area (Å²) < 4.78 is 84.7. The van der Waals surface area contributed by atoms with Gasteiger partial charge in [-0.05, 0) is 95.4 Å². The fraction of sp³-hybridized carbons (Fsp3) is 0.200. The maximum atomic E-state index is 12.2. The summed E-state index contributed by atoms with van der Waals surface area (Å²) in [6.07, 6.45) is 4.17. The van der Waals surface area contributed by atoms with Crippen LogP contribution in [-0.2, 0) is 25.7 Å². The number of hydrogen-bond donors (Lipinski definition) is 4. The van der Waals surface area contributed by atoms with Crippen molar-refractivity contribution in [1.29, 1.82) is 0 Å². The van der Waals surface area contributed by atoms with E-state index in [1.807, 2.05) is 12.1 Å². The quantitative estimate of drug-likeness (QED) is 0.0746. The number of ether oxygens (including phenoxy) is 2. The summed E-state index contributed by atoms with van der Waals surface area (Å²) in [6, 6.07) is 20.2. The Morgan fingerprint density at radius 3 is 1.34 bits per heavy atom. The number of azo groups is 2. The fourth-order valence-corrected chi connectivity index (χ4v) is 8.75. The molecule has 0 atom stereocenters. The van der Waals surface area contributed by atoms with Gasteiger partial charge in [-0.25, -0.2) is 16.8 Å². The van der Waals surface area contributed by atoms with Crippen molar-refractivity contribution in [3.05, 3.63) is 96.1 Å². The Morgan fingerprint density at radius 2 is 0.966 bits per heavy atom. The van der Waals surface area contributed by atoms with Crippen LogP contribution in [0.4, 0.5) is 22.7 Å². The highest BCUT2D eigenvalue weighted by molar-refractivity contribution is 7.86. The zero-order valence-electron chi connectivity index (χ0n) is 30.8. The molecule has 1 aliphatic carbocycles. The molecule has 18 heteroatoms. The first-order valence-electron chi connectivity index (χ1n) is 17.6. The first-order valence-corrected chi connectivity index (χ1v) is 20.5. The highest BCUT2D eigenvalue weighted by Gasteiger charge is 2.37. The highest BCUT2D eigenvalue weighted by atomic mass is 32.2. The molecule has 1 fully saturated rings. The topological polar surface area (TPSA) is 263 Å². The average Bonchev–Trinajstić information content (AvgIpc) is 3.19. The smallest absolute Gasteiger partial charge is 0.152 e. The van der Waals surface area contributed by atoms with E-state index in [9.17, 15) is 46.4 Å². The van der Waals surface area contributed by atoms with E-state index in [4.69, 9.17) is 9.47 Å². The van der Waals surface area contributed by atoms with E-state index in [0.717, 1.165) is 42.5 Å². The first kappa shape index (κ1) is 39.9. The van der Waals surface area contributed by atoms with Crippen molar-refractivity contribution in [2.45, 2.75) is 47.3 Å². The molecule has 0 saturated heterocycles. The Balaban J connectivity index is 1.27. The minimum Gasteiger partial charge on any atom is -0.744 e. The Labute approximate surface area is 331 Å². The molecule has 0 aromatic heterocycles. The van der Waals surface area contributed by atoms with Gasteiger partial charge in [-0.3, -0.25) is 0 Å². The van der Waals surface area contributed by atoms with Gasteiger partial charge in [0.25, 0.3) is 0 Å². The van der Waals surface area contributed by atoms with E-state index in [1.165, 1.54) is 50.6 Å². The third kappa shape index (κ3) is 7.45. The maximum absolute atomic E-state index is 12.2. The normalized spacial score (nSPS) is 14.8. The molecule has 0 unspecified atom stereocenters. The molecule has 0 aliphatic heterocycles. The van der Waals surface area contributed by atoms with Gasteiger partial charge in [0, 0.05) is 16.2 Å².